The molecule has 0 aliphatic rings. The molecule has 5 nitrogen and oxygen atoms in total. The van der Waals surface area contributed by atoms with E-state index in [2.05, 4.69) is 5.32 Å². The highest BCUT2D eigenvalue weighted by molar-refractivity contribution is 7.91. The molecule has 0 aliphatic heterocycles. The van der Waals surface area contributed by atoms with Gasteiger partial charge in [-0.3, -0.25) is 4.79 Å². The lowest BCUT2D eigenvalue weighted by molar-refractivity contribution is -0.120. The normalized spacial score (nSPS) is 11.1. The number of nitrogens with zero attached hydrogens (tertiary/aromatic N) is 1. The molecule has 0 atom stereocenters. The predicted octanol–water partition coefficient (Wildman–Crippen LogP) is 2.28. The minimum atomic E-state index is -3.41. The van der Waals surface area contributed by atoms with Crippen LogP contribution in [0.3, 0.4) is 0 Å². The average molecular weight is 360 g/mol. The zero-order valence-corrected chi connectivity index (χ0v) is 15.4. The van der Waals surface area contributed by atoms with Gasteiger partial charge in [-0.2, -0.15) is 0 Å². The van der Waals surface area contributed by atoms with Crippen LogP contribution in [0.4, 0.5) is 5.69 Å². The van der Waals surface area contributed by atoms with E-state index in [0.29, 0.717) is 13.0 Å². The summed E-state index contributed by atoms with van der Waals surface area (Å²) in [4.78, 5) is 14.2. The predicted molar refractivity (Wildman–Crippen MR) is 101 cm³/mol. The fraction of sp³-hybridized carbons (Fsp3) is 0.316. The largest absolute Gasteiger partial charge is 0.378 e. The highest BCUT2D eigenvalue weighted by Crippen LogP contribution is 2.13. The average Bonchev–Trinajstić information content (AvgIpc) is 2.61. The molecule has 6 heteroatoms. The lowest BCUT2D eigenvalue weighted by atomic mass is 10.1. The Morgan fingerprint density at radius 3 is 2.24 bits per heavy atom. The Morgan fingerprint density at radius 2 is 1.64 bits per heavy atom. The van der Waals surface area contributed by atoms with E-state index in [0.717, 1.165) is 11.3 Å². The number of benzene rings is 2. The third-order valence-electron chi connectivity index (χ3n) is 3.89. The van der Waals surface area contributed by atoms with E-state index < -0.39 is 9.84 Å². The summed E-state index contributed by atoms with van der Waals surface area (Å²) in [6, 6.07) is 16.3. The molecule has 1 N–H and O–H groups in total. The lowest BCUT2D eigenvalue weighted by Gasteiger charge is -2.12. The van der Waals surface area contributed by atoms with Crippen LogP contribution >= 0.6 is 0 Å². The number of sulfone groups is 1. The number of carbonyl (C=O) groups excluding carboxylic acids is 1. The van der Waals surface area contributed by atoms with Gasteiger partial charge in [0.1, 0.15) is 0 Å². The maximum absolute atomic E-state index is 12.1. The topological polar surface area (TPSA) is 66.5 Å². The molecular formula is C19H24N2O3S. The van der Waals surface area contributed by atoms with Crippen LogP contribution in [0.15, 0.2) is 59.5 Å². The molecule has 0 bridgehead atoms. The Hall–Kier alpha value is -2.34. The van der Waals surface area contributed by atoms with Gasteiger partial charge in [-0.25, -0.2) is 8.42 Å². The van der Waals surface area contributed by atoms with Crippen molar-refractivity contribution in [3.05, 3.63) is 60.2 Å². The van der Waals surface area contributed by atoms with E-state index >= 15 is 0 Å². The maximum atomic E-state index is 12.1. The Balaban J connectivity index is 1.75. The first-order valence-electron chi connectivity index (χ1n) is 8.19. The first-order chi connectivity index (χ1) is 11.9. The molecule has 0 aromatic heterocycles. The number of hydrogen-bond donors (Lipinski definition) is 1. The first-order valence-corrected chi connectivity index (χ1v) is 9.84. The molecule has 0 spiro atoms. The van der Waals surface area contributed by atoms with E-state index in [9.17, 15) is 13.2 Å². The van der Waals surface area contributed by atoms with Gasteiger partial charge in [0, 0.05) is 32.7 Å². The van der Waals surface area contributed by atoms with Crippen LogP contribution in [-0.4, -0.2) is 40.7 Å². The monoisotopic (exact) mass is 360 g/mol. The third-order valence-corrected chi connectivity index (χ3v) is 5.62. The summed E-state index contributed by atoms with van der Waals surface area (Å²) >= 11 is 0. The van der Waals surface area contributed by atoms with Gasteiger partial charge in [0.15, 0.2) is 9.84 Å². The van der Waals surface area contributed by atoms with Crippen LogP contribution in [0.1, 0.15) is 12.0 Å². The molecule has 25 heavy (non-hydrogen) atoms. The van der Waals surface area contributed by atoms with Crippen molar-refractivity contribution in [2.24, 2.45) is 0 Å². The molecule has 2 rings (SSSR count). The Bertz CT molecular complexity index is 785. The Morgan fingerprint density at radius 1 is 1.00 bits per heavy atom. The number of anilines is 1. The van der Waals surface area contributed by atoms with Crippen LogP contribution in [0, 0.1) is 0 Å². The highest BCUT2D eigenvalue weighted by Gasteiger charge is 2.15. The van der Waals surface area contributed by atoms with E-state index in [1.165, 1.54) is 0 Å². The van der Waals surface area contributed by atoms with Crippen LogP contribution in [0.25, 0.3) is 0 Å². The second-order valence-electron chi connectivity index (χ2n) is 6.04. The molecule has 0 radical (unpaired) electrons. The van der Waals surface area contributed by atoms with Crippen LogP contribution < -0.4 is 10.2 Å². The van der Waals surface area contributed by atoms with E-state index in [1.54, 1.807) is 30.3 Å². The minimum absolute atomic E-state index is 0.0310. The van der Waals surface area contributed by atoms with Crippen molar-refractivity contribution in [1.82, 2.24) is 5.32 Å². The third kappa shape index (κ3) is 5.90. The van der Waals surface area contributed by atoms with Gasteiger partial charge in [-0.1, -0.05) is 30.3 Å². The molecular weight excluding hydrogens is 336 g/mol. The zero-order valence-electron chi connectivity index (χ0n) is 14.6. The standard InChI is InChI=1S/C19H24N2O3S/c1-21(2)17-10-8-16(9-11-17)12-14-20-19(22)13-15-25(23,24)18-6-4-3-5-7-18/h3-11H,12-15H2,1-2H3,(H,20,22). The molecule has 2 aromatic rings. The Labute approximate surface area is 149 Å². The van der Waals surface area contributed by atoms with Crippen molar-refractivity contribution in [3.63, 3.8) is 0 Å². The summed E-state index contributed by atoms with van der Waals surface area (Å²) in [5.74, 6) is -0.426. The summed E-state index contributed by atoms with van der Waals surface area (Å²) in [6.07, 6.45) is 0.682. The quantitative estimate of drug-likeness (QED) is 0.784. The van der Waals surface area contributed by atoms with Crippen molar-refractivity contribution >= 4 is 21.4 Å². The molecule has 0 fully saturated rings. The molecule has 0 aliphatic carbocycles. The smallest absolute Gasteiger partial charge is 0.221 e. The zero-order chi connectivity index (χ0) is 18.3. The van der Waals surface area contributed by atoms with Gasteiger partial charge in [0.25, 0.3) is 0 Å². The number of hydrogen-bond acceptors (Lipinski definition) is 4. The fourth-order valence-electron chi connectivity index (χ4n) is 2.37. The van der Waals surface area contributed by atoms with Crippen LogP contribution in [-0.2, 0) is 21.1 Å². The first kappa shape index (κ1) is 19.0. The lowest BCUT2D eigenvalue weighted by Crippen LogP contribution is -2.27. The van der Waals surface area contributed by atoms with Gasteiger partial charge < -0.3 is 10.2 Å². The van der Waals surface area contributed by atoms with Gasteiger partial charge >= 0.3 is 0 Å². The molecule has 0 unspecified atom stereocenters. The molecule has 2 aromatic carbocycles. The minimum Gasteiger partial charge on any atom is -0.378 e. The number of nitrogens with one attached hydrogen (secondary N) is 1. The Kier molecular flexibility index (Phi) is 6.58. The maximum Gasteiger partial charge on any atom is 0.221 e. The van der Waals surface area contributed by atoms with Gasteiger partial charge in [0.2, 0.25) is 5.91 Å². The summed E-state index contributed by atoms with van der Waals surface area (Å²) in [7, 11) is 0.559. The molecule has 1 amide bonds. The van der Waals surface area contributed by atoms with E-state index in [-0.39, 0.29) is 23.0 Å². The van der Waals surface area contributed by atoms with Crippen molar-refractivity contribution in [3.8, 4) is 0 Å². The van der Waals surface area contributed by atoms with Crippen molar-refractivity contribution in [2.45, 2.75) is 17.7 Å². The van der Waals surface area contributed by atoms with Gasteiger partial charge in [-0.15, -0.1) is 0 Å². The number of amides is 1. The second-order valence-corrected chi connectivity index (χ2v) is 8.15. The van der Waals surface area contributed by atoms with Crippen LogP contribution in [0.5, 0.6) is 0 Å². The molecule has 0 saturated carbocycles. The number of rotatable bonds is 8. The molecule has 0 saturated heterocycles. The summed E-state index contributed by atoms with van der Waals surface area (Å²) in [6.45, 7) is 0.492. The van der Waals surface area contributed by atoms with Crippen molar-refractivity contribution in [2.75, 3.05) is 31.3 Å². The van der Waals surface area contributed by atoms with Crippen molar-refractivity contribution in [1.29, 1.82) is 0 Å². The summed E-state index contributed by atoms with van der Waals surface area (Å²) in [5.41, 5.74) is 2.25. The van der Waals surface area contributed by atoms with E-state index in [4.69, 9.17) is 0 Å². The van der Waals surface area contributed by atoms with Gasteiger partial charge in [-0.05, 0) is 36.2 Å². The fourth-order valence-corrected chi connectivity index (χ4v) is 3.63. The SMILES string of the molecule is CN(C)c1ccc(CCNC(=O)CCS(=O)(=O)c2ccccc2)cc1. The van der Waals surface area contributed by atoms with E-state index in [1.807, 2.05) is 43.3 Å². The van der Waals surface area contributed by atoms with Crippen molar-refractivity contribution < 1.29 is 13.2 Å². The molecule has 0 heterocycles. The van der Waals surface area contributed by atoms with Gasteiger partial charge in [0.05, 0.1) is 10.6 Å². The molecule has 134 valence electrons. The second kappa shape index (κ2) is 8.67. The number of carbonyl (C=O) groups is 1. The highest BCUT2D eigenvalue weighted by atomic mass is 32.2. The summed E-state index contributed by atoms with van der Waals surface area (Å²) < 4.78 is 24.3. The summed E-state index contributed by atoms with van der Waals surface area (Å²) in [5, 5.41) is 2.78. The van der Waals surface area contributed by atoms with Crippen LogP contribution in [0.2, 0.25) is 0 Å².